The Kier molecular flexibility index (Phi) is 3.89. The smallest absolute Gasteiger partial charge is 0.146 e. The van der Waals surface area contributed by atoms with Gasteiger partial charge in [0.05, 0.1) is 11.8 Å². The SMILES string of the molecule is CCC(C#N)(Nc1ccccc1F)C(C)C. The molecule has 0 spiro atoms. The van der Waals surface area contributed by atoms with Gasteiger partial charge in [-0.05, 0) is 24.5 Å². The molecule has 1 atom stereocenters. The van der Waals surface area contributed by atoms with E-state index in [1.807, 2.05) is 20.8 Å². The first-order chi connectivity index (χ1) is 7.55. The van der Waals surface area contributed by atoms with Crippen molar-refractivity contribution < 1.29 is 4.39 Å². The zero-order valence-electron chi connectivity index (χ0n) is 9.92. The van der Waals surface area contributed by atoms with Crippen LogP contribution in [0.3, 0.4) is 0 Å². The molecule has 0 aromatic heterocycles. The van der Waals surface area contributed by atoms with Crippen molar-refractivity contribution in [1.82, 2.24) is 0 Å². The number of rotatable bonds is 4. The van der Waals surface area contributed by atoms with Crippen LogP contribution in [0.4, 0.5) is 10.1 Å². The van der Waals surface area contributed by atoms with E-state index in [0.717, 1.165) is 0 Å². The molecular formula is C13H17FN2. The number of nitrogens with one attached hydrogen (secondary N) is 1. The number of anilines is 1. The largest absolute Gasteiger partial charge is 0.365 e. The monoisotopic (exact) mass is 220 g/mol. The van der Waals surface area contributed by atoms with Crippen LogP contribution in [0.25, 0.3) is 0 Å². The Morgan fingerprint density at radius 3 is 2.50 bits per heavy atom. The lowest BCUT2D eigenvalue weighted by Crippen LogP contribution is -2.41. The Morgan fingerprint density at radius 1 is 1.44 bits per heavy atom. The molecule has 0 amide bonds. The maximum absolute atomic E-state index is 13.5. The van der Waals surface area contributed by atoms with Gasteiger partial charge in [0.15, 0.2) is 0 Å². The van der Waals surface area contributed by atoms with E-state index in [2.05, 4.69) is 11.4 Å². The topological polar surface area (TPSA) is 35.8 Å². The summed E-state index contributed by atoms with van der Waals surface area (Å²) in [5.74, 6) is -0.210. The second-order valence-electron chi connectivity index (χ2n) is 4.20. The molecule has 0 radical (unpaired) electrons. The predicted molar refractivity (Wildman–Crippen MR) is 63.5 cm³/mol. The summed E-state index contributed by atoms with van der Waals surface area (Å²) in [5.41, 5.74) is -0.318. The van der Waals surface area contributed by atoms with E-state index in [4.69, 9.17) is 0 Å². The molecule has 86 valence electrons. The van der Waals surface area contributed by atoms with E-state index < -0.39 is 5.54 Å². The zero-order chi connectivity index (χ0) is 12.2. The molecule has 0 aliphatic heterocycles. The van der Waals surface area contributed by atoms with Crippen LogP contribution in [0, 0.1) is 23.1 Å². The molecule has 1 aromatic carbocycles. The van der Waals surface area contributed by atoms with Gasteiger partial charge in [0, 0.05) is 0 Å². The minimum Gasteiger partial charge on any atom is -0.365 e. The highest BCUT2D eigenvalue weighted by atomic mass is 19.1. The van der Waals surface area contributed by atoms with Gasteiger partial charge in [0.2, 0.25) is 0 Å². The lowest BCUT2D eigenvalue weighted by molar-refractivity contribution is 0.414. The lowest BCUT2D eigenvalue weighted by atomic mass is 9.85. The fourth-order valence-electron chi connectivity index (χ4n) is 1.68. The van der Waals surface area contributed by atoms with Crippen molar-refractivity contribution in [2.24, 2.45) is 5.92 Å². The van der Waals surface area contributed by atoms with Gasteiger partial charge < -0.3 is 5.32 Å². The number of hydrogen-bond donors (Lipinski definition) is 1. The van der Waals surface area contributed by atoms with Crippen molar-refractivity contribution in [3.8, 4) is 6.07 Å². The van der Waals surface area contributed by atoms with Gasteiger partial charge in [-0.25, -0.2) is 4.39 Å². The molecule has 16 heavy (non-hydrogen) atoms. The molecule has 2 nitrogen and oxygen atoms in total. The number of nitrogens with zero attached hydrogens (tertiary/aromatic N) is 1. The van der Waals surface area contributed by atoms with Crippen LogP contribution < -0.4 is 5.32 Å². The van der Waals surface area contributed by atoms with Crippen molar-refractivity contribution in [1.29, 1.82) is 5.26 Å². The normalized spacial score (nSPS) is 14.2. The molecule has 0 aliphatic carbocycles. The van der Waals surface area contributed by atoms with Crippen LogP contribution >= 0.6 is 0 Å². The molecule has 1 aromatic rings. The molecule has 0 fully saturated rings. The molecule has 0 bridgehead atoms. The minimum absolute atomic E-state index is 0.113. The van der Waals surface area contributed by atoms with Gasteiger partial charge >= 0.3 is 0 Å². The van der Waals surface area contributed by atoms with Gasteiger partial charge in [0.25, 0.3) is 0 Å². The Hall–Kier alpha value is -1.56. The quantitative estimate of drug-likeness (QED) is 0.842. The van der Waals surface area contributed by atoms with Crippen molar-refractivity contribution in [3.63, 3.8) is 0 Å². The molecule has 0 saturated heterocycles. The van der Waals surface area contributed by atoms with Crippen molar-refractivity contribution >= 4 is 5.69 Å². The summed E-state index contributed by atoms with van der Waals surface area (Å²) in [6, 6.07) is 8.69. The Balaban J connectivity index is 3.02. The van der Waals surface area contributed by atoms with E-state index in [-0.39, 0.29) is 11.7 Å². The summed E-state index contributed by atoms with van der Waals surface area (Å²) in [5, 5.41) is 12.3. The maximum atomic E-state index is 13.5. The van der Waals surface area contributed by atoms with Crippen LogP contribution in [0.5, 0.6) is 0 Å². The number of halogens is 1. The highest BCUT2D eigenvalue weighted by Gasteiger charge is 2.32. The standard InChI is InChI=1S/C13H17FN2/c1-4-13(9-15,10(2)3)16-12-8-6-5-7-11(12)14/h5-8,10,16H,4H2,1-3H3. The average molecular weight is 220 g/mol. The van der Waals surface area contributed by atoms with Crippen LogP contribution in [0.1, 0.15) is 27.2 Å². The molecule has 1 N–H and O–H groups in total. The third-order valence-electron chi connectivity index (χ3n) is 2.97. The number of hydrogen-bond acceptors (Lipinski definition) is 2. The summed E-state index contributed by atoms with van der Waals surface area (Å²) in [6.45, 7) is 5.85. The van der Waals surface area contributed by atoms with Crippen molar-refractivity contribution in [2.75, 3.05) is 5.32 Å². The maximum Gasteiger partial charge on any atom is 0.146 e. The lowest BCUT2D eigenvalue weighted by Gasteiger charge is -2.31. The van der Waals surface area contributed by atoms with Crippen LogP contribution in [0.15, 0.2) is 24.3 Å². The third-order valence-corrected chi connectivity index (χ3v) is 2.97. The minimum atomic E-state index is -0.706. The predicted octanol–water partition coefficient (Wildman–Crippen LogP) is 3.57. The van der Waals surface area contributed by atoms with Crippen LogP contribution in [0.2, 0.25) is 0 Å². The Morgan fingerprint density at radius 2 is 2.06 bits per heavy atom. The summed E-state index contributed by atoms with van der Waals surface area (Å²) < 4.78 is 13.5. The summed E-state index contributed by atoms with van der Waals surface area (Å²) >= 11 is 0. The highest BCUT2D eigenvalue weighted by Crippen LogP contribution is 2.27. The first-order valence-corrected chi connectivity index (χ1v) is 5.49. The Labute approximate surface area is 96.1 Å². The first kappa shape index (κ1) is 12.5. The molecule has 1 unspecified atom stereocenters. The summed E-state index contributed by atoms with van der Waals surface area (Å²) in [6.07, 6.45) is 0.634. The fourth-order valence-corrected chi connectivity index (χ4v) is 1.68. The third kappa shape index (κ3) is 2.33. The zero-order valence-corrected chi connectivity index (χ0v) is 9.92. The van der Waals surface area contributed by atoms with Crippen LogP contribution in [-0.2, 0) is 0 Å². The fraction of sp³-hybridized carbons (Fsp3) is 0.462. The summed E-state index contributed by atoms with van der Waals surface area (Å²) in [7, 11) is 0. The second kappa shape index (κ2) is 4.98. The van der Waals surface area contributed by atoms with E-state index >= 15 is 0 Å². The molecule has 1 rings (SSSR count). The van der Waals surface area contributed by atoms with E-state index in [1.54, 1.807) is 18.2 Å². The van der Waals surface area contributed by atoms with E-state index in [9.17, 15) is 9.65 Å². The first-order valence-electron chi connectivity index (χ1n) is 5.49. The average Bonchev–Trinajstić information content (AvgIpc) is 2.28. The summed E-state index contributed by atoms with van der Waals surface area (Å²) in [4.78, 5) is 0. The molecular weight excluding hydrogens is 203 g/mol. The Bertz CT molecular complexity index is 395. The number of benzene rings is 1. The molecule has 3 heteroatoms. The van der Waals surface area contributed by atoms with Gasteiger partial charge in [-0.3, -0.25) is 0 Å². The van der Waals surface area contributed by atoms with Crippen LogP contribution in [-0.4, -0.2) is 5.54 Å². The van der Waals surface area contributed by atoms with Gasteiger partial charge in [-0.2, -0.15) is 5.26 Å². The van der Waals surface area contributed by atoms with Gasteiger partial charge in [-0.15, -0.1) is 0 Å². The molecule has 0 aliphatic rings. The number of para-hydroxylation sites is 1. The molecule has 0 saturated carbocycles. The number of nitriles is 1. The van der Waals surface area contributed by atoms with E-state index in [0.29, 0.717) is 12.1 Å². The van der Waals surface area contributed by atoms with Gasteiger partial charge in [0.1, 0.15) is 11.4 Å². The van der Waals surface area contributed by atoms with E-state index in [1.165, 1.54) is 6.07 Å². The highest BCUT2D eigenvalue weighted by molar-refractivity contribution is 5.49. The molecule has 0 heterocycles. The second-order valence-corrected chi connectivity index (χ2v) is 4.20. The van der Waals surface area contributed by atoms with Crippen molar-refractivity contribution in [2.45, 2.75) is 32.7 Å². The van der Waals surface area contributed by atoms with Gasteiger partial charge in [-0.1, -0.05) is 32.9 Å². The van der Waals surface area contributed by atoms with Crippen molar-refractivity contribution in [3.05, 3.63) is 30.1 Å².